The number of thiophene rings is 1. The molecular weight excluding hydrogens is 186 g/mol. The third kappa shape index (κ3) is 2.99. The van der Waals surface area contributed by atoms with Gasteiger partial charge in [-0.2, -0.15) is 0 Å². The van der Waals surface area contributed by atoms with Crippen LogP contribution in [0.4, 0.5) is 0 Å². The Morgan fingerprint density at radius 2 is 2.46 bits per heavy atom. The highest BCUT2D eigenvalue weighted by Gasteiger charge is 2.06. The van der Waals surface area contributed by atoms with Crippen molar-refractivity contribution < 1.29 is 9.59 Å². The van der Waals surface area contributed by atoms with E-state index in [1.165, 1.54) is 9.78 Å². The molecule has 0 aliphatic rings. The lowest BCUT2D eigenvalue weighted by molar-refractivity contribution is -0.137. The van der Waals surface area contributed by atoms with Crippen molar-refractivity contribution in [1.82, 2.24) is 4.90 Å². The first-order chi connectivity index (χ1) is 6.24. The molecule has 1 rings (SSSR count). The molecule has 13 heavy (non-hydrogen) atoms. The third-order valence-electron chi connectivity index (χ3n) is 1.75. The fourth-order valence-corrected chi connectivity index (χ4v) is 1.63. The van der Waals surface area contributed by atoms with Crippen molar-refractivity contribution in [2.24, 2.45) is 0 Å². The van der Waals surface area contributed by atoms with Crippen molar-refractivity contribution in [3.8, 4) is 0 Å². The quantitative estimate of drug-likeness (QED) is 0.532. The zero-order valence-corrected chi connectivity index (χ0v) is 8.21. The first kappa shape index (κ1) is 9.92. The van der Waals surface area contributed by atoms with Crippen LogP contribution in [0.1, 0.15) is 4.88 Å². The van der Waals surface area contributed by atoms with Gasteiger partial charge < -0.3 is 4.90 Å². The highest BCUT2D eigenvalue weighted by atomic mass is 32.1. The van der Waals surface area contributed by atoms with Crippen LogP contribution in [0.25, 0.3) is 0 Å². The molecule has 0 fully saturated rings. The molecule has 1 aromatic heterocycles. The predicted molar refractivity (Wildman–Crippen MR) is 51.7 cm³/mol. The summed E-state index contributed by atoms with van der Waals surface area (Å²) in [7, 11) is 1.63. The Kier molecular flexibility index (Phi) is 3.64. The van der Waals surface area contributed by atoms with E-state index in [2.05, 4.69) is 0 Å². The minimum atomic E-state index is -0.462. The molecule has 3 nitrogen and oxygen atoms in total. The van der Waals surface area contributed by atoms with Gasteiger partial charge in [0.1, 0.15) is 0 Å². The van der Waals surface area contributed by atoms with Crippen LogP contribution in [0.3, 0.4) is 0 Å². The number of carbonyl (C=O) groups is 2. The summed E-state index contributed by atoms with van der Waals surface area (Å²) in [6.45, 7) is 0.595. The molecule has 0 aliphatic heterocycles. The largest absolute Gasteiger partial charge is 0.339 e. The monoisotopic (exact) mass is 197 g/mol. The fraction of sp³-hybridized carbons (Fsp3) is 0.333. The van der Waals surface area contributed by atoms with Gasteiger partial charge in [-0.25, -0.2) is 0 Å². The van der Waals surface area contributed by atoms with Gasteiger partial charge in [-0.1, -0.05) is 6.07 Å². The van der Waals surface area contributed by atoms with E-state index in [-0.39, 0.29) is 0 Å². The topological polar surface area (TPSA) is 37.4 Å². The van der Waals surface area contributed by atoms with Crippen LogP contribution in [0.2, 0.25) is 0 Å². The van der Waals surface area contributed by atoms with Gasteiger partial charge in [-0.3, -0.25) is 9.59 Å². The average molecular weight is 197 g/mol. The first-order valence-corrected chi connectivity index (χ1v) is 4.84. The highest BCUT2D eigenvalue weighted by molar-refractivity contribution is 7.09. The SMILES string of the molecule is CN(CCc1cccs1)C(=O)C=O. The molecule has 0 bridgehead atoms. The molecule has 0 aromatic carbocycles. The van der Waals surface area contributed by atoms with Crippen LogP contribution in [-0.2, 0) is 16.0 Å². The maximum atomic E-state index is 10.8. The van der Waals surface area contributed by atoms with Gasteiger partial charge in [0.25, 0.3) is 5.91 Å². The van der Waals surface area contributed by atoms with Gasteiger partial charge in [0, 0.05) is 18.5 Å². The lowest BCUT2D eigenvalue weighted by Crippen LogP contribution is -2.29. The van der Waals surface area contributed by atoms with Crippen molar-refractivity contribution in [3.63, 3.8) is 0 Å². The van der Waals surface area contributed by atoms with E-state index in [1.807, 2.05) is 17.5 Å². The van der Waals surface area contributed by atoms with E-state index in [9.17, 15) is 9.59 Å². The van der Waals surface area contributed by atoms with Crippen LogP contribution in [0.5, 0.6) is 0 Å². The minimum absolute atomic E-state index is 0.342. The Morgan fingerprint density at radius 3 is 3.00 bits per heavy atom. The normalized spacial score (nSPS) is 9.62. The summed E-state index contributed by atoms with van der Waals surface area (Å²) in [5, 5.41) is 2.00. The Bertz CT molecular complexity index is 282. The number of nitrogens with zero attached hydrogens (tertiary/aromatic N) is 1. The zero-order valence-electron chi connectivity index (χ0n) is 7.40. The molecule has 0 saturated heterocycles. The lowest BCUT2D eigenvalue weighted by Gasteiger charge is -2.12. The van der Waals surface area contributed by atoms with E-state index in [1.54, 1.807) is 18.4 Å². The molecule has 0 atom stereocenters. The number of amides is 1. The van der Waals surface area contributed by atoms with E-state index >= 15 is 0 Å². The number of hydrogen-bond acceptors (Lipinski definition) is 3. The molecule has 0 unspecified atom stereocenters. The first-order valence-electron chi connectivity index (χ1n) is 3.96. The van der Waals surface area contributed by atoms with Crippen LogP contribution in [0.15, 0.2) is 17.5 Å². The third-order valence-corrected chi connectivity index (χ3v) is 2.69. The molecular formula is C9H11NO2S. The molecule has 0 spiro atoms. The zero-order chi connectivity index (χ0) is 9.68. The van der Waals surface area contributed by atoms with E-state index in [4.69, 9.17) is 0 Å². The van der Waals surface area contributed by atoms with Crippen LogP contribution < -0.4 is 0 Å². The van der Waals surface area contributed by atoms with Gasteiger partial charge in [0.05, 0.1) is 0 Å². The number of hydrogen-bond donors (Lipinski definition) is 0. The van der Waals surface area contributed by atoms with Crippen LogP contribution >= 0.6 is 11.3 Å². The highest BCUT2D eigenvalue weighted by Crippen LogP contribution is 2.09. The van der Waals surface area contributed by atoms with Crippen molar-refractivity contribution in [1.29, 1.82) is 0 Å². The predicted octanol–water partition coefficient (Wildman–Crippen LogP) is 0.948. The summed E-state index contributed by atoms with van der Waals surface area (Å²) >= 11 is 1.66. The Labute approximate surface area is 81.0 Å². The maximum Gasteiger partial charge on any atom is 0.286 e. The second kappa shape index (κ2) is 4.77. The number of aldehydes is 1. The summed E-state index contributed by atoms with van der Waals surface area (Å²) in [4.78, 5) is 23.6. The van der Waals surface area contributed by atoms with Crippen molar-refractivity contribution in [3.05, 3.63) is 22.4 Å². The van der Waals surface area contributed by atoms with Gasteiger partial charge in [-0.15, -0.1) is 11.3 Å². The summed E-state index contributed by atoms with van der Waals surface area (Å²) < 4.78 is 0. The molecule has 0 radical (unpaired) electrons. The number of rotatable bonds is 4. The van der Waals surface area contributed by atoms with E-state index in [0.717, 1.165) is 6.42 Å². The average Bonchev–Trinajstić information content (AvgIpc) is 2.65. The summed E-state index contributed by atoms with van der Waals surface area (Å²) in [5.74, 6) is -0.462. The lowest BCUT2D eigenvalue weighted by atomic mass is 10.3. The van der Waals surface area contributed by atoms with Crippen molar-refractivity contribution in [2.45, 2.75) is 6.42 Å². The van der Waals surface area contributed by atoms with E-state index in [0.29, 0.717) is 12.8 Å². The van der Waals surface area contributed by atoms with Crippen molar-refractivity contribution >= 4 is 23.5 Å². The van der Waals surface area contributed by atoms with Gasteiger partial charge in [0.2, 0.25) is 6.29 Å². The Hall–Kier alpha value is -1.16. The standard InChI is InChI=1S/C9H11NO2S/c1-10(9(12)7-11)5-4-8-3-2-6-13-8/h2-3,6-7H,4-5H2,1H3. The smallest absolute Gasteiger partial charge is 0.286 e. The fourth-order valence-electron chi connectivity index (χ4n) is 0.933. The molecule has 70 valence electrons. The summed E-state index contributed by atoms with van der Waals surface area (Å²) in [6.07, 6.45) is 1.15. The van der Waals surface area contributed by atoms with E-state index < -0.39 is 5.91 Å². The summed E-state index contributed by atoms with van der Waals surface area (Å²) in [6, 6.07) is 3.99. The minimum Gasteiger partial charge on any atom is -0.339 e. The Morgan fingerprint density at radius 1 is 1.69 bits per heavy atom. The van der Waals surface area contributed by atoms with Crippen molar-refractivity contribution in [2.75, 3.05) is 13.6 Å². The Balaban J connectivity index is 2.34. The van der Waals surface area contributed by atoms with Gasteiger partial charge in [0.15, 0.2) is 0 Å². The van der Waals surface area contributed by atoms with Crippen LogP contribution in [-0.4, -0.2) is 30.7 Å². The van der Waals surface area contributed by atoms with Gasteiger partial charge in [-0.05, 0) is 17.9 Å². The molecule has 1 aromatic rings. The molecule has 0 aliphatic carbocycles. The maximum absolute atomic E-state index is 10.8. The van der Waals surface area contributed by atoms with Crippen LogP contribution in [0, 0.1) is 0 Å². The molecule has 1 amide bonds. The van der Waals surface area contributed by atoms with Gasteiger partial charge >= 0.3 is 0 Å². The molecule has 0 N–H and O–H groups in total. The number of carbonyl (C=O) groups excluding carboxylic acids is 2. The molecule has 4 heteroatoms. The summed E-state index contributed by atoms with van der Waals surface area (Å²) in [5.41, 5.74) is 0. The second-order valence-corrected chi connectivity index (χ2v) is 3.74. The second-order valence-electron chi connectivity index (χ2n) is 2.71. The molecule has 1 heterocycles. The molecule has 0 saturated carbocycles. The number of likely N-dealkylation sites (N-methyl/N-ethyl adjacent to an activating group) is 1.